The van der Waals surface area contributed by atoms with E-state index in [1.165, 1.54) is 6.07 Å². The summed E-state index contributed by atoms with van der Waals surface area (Å²) in [7, 11) is 1.69. The fourth-order valence-corrected chi connectivity index (χ4v) is 2.81. The molecule has 1 saturated carbocycles. The molecule has 0 aromatic carbocycles. The molecule has 0 aliphatic heterocycles. The summed E-state index contributed by atoms with van der Waals surface area (Å²) in [6, 6.07) is 3.62. The first-order valence-electron chi connectivity index (χ1n) is 6.60. The van der Waals surface area contributed by atoms with Crippen LogP contribution in [0.15, 0.2) is 22.3 Å². The number of thiophene rings is 1. The van der Waals surface area contributed by atoms with Crippen LogP contribution in [-0.2, 0) is 11.3 Å². The van der Waals surface area contributed by atoms with Crippen LogP contribution in [0.2, 0.25) is 0 Å². The van der Waals surface area contributed by atoms with E-state index in [1.54, 1.807) is 18.4 Å². The quantitative estimate of drug-likeness (QED) is 0.920. The average Bonchev–Trinajstić information content (AvgIpc) is 3.18. The number of aromatic amines is 1. The minimum Gasteiger partial charge on any atom is -0.380 e. The molecular formula is C15H16N2O2S. The van der Waals surface area contributed by atoms with Crippen LogP contribution in [0.4, 0.5) is 0 Å². The van der Waals surface area contributed by atoms with Crippen molar-refractivity contribution < 1.29 is 4.74 Å². The van der Waals surface area contributed by atoms with Crippen molar-refractivity contribution in [1.29, 1.82) is 0 Å². The number of methoxy groups -OCH3 is 1. The first-order valence-corrected chi connectivity index (χ1v) is 7.48. The molecule has 0 saturated heterocycles. The van der Waals surface area contributed by atoms with Crippen molar-refractivity contribution in [2.45, 2.75) is 25.4 Å². The third kappa shape index (κ3) is 3.23. The maximum absolute atomic E-state index is 11.6. The van der Waals surface area contributed by atoms with Crippen molar-refractivity contribution in [2.75, 3.05) is 7.11 Å². The molecule has 0 amide bonds. The number of ether oxygens (including phenoxy) is 1. The van der Waals surface area contributed by atoms with Crippen LogP contribution in [0, 0.1) is 0 Å². The molecule has 20 heavy (non-hydrogen) atoms. The number of aromatic nitrogens is 2. The highest BCUT2D eigenvalue weighted by Crippen LogP contribution is 2.37. The summed E-state index contributed by atoms with van der Waals surface area (Å²) in [6.45, 7) is 0.624. The second kappa shape index (κ2) is 5.73. The lowest BCUT2D eigenvalue weighted by atomic mass is 10.3. The van der Waals surface area contributed by atoms with Gasteiger partial charge in [-0.05, 0) is 42.0 Å². The fraction of sp³-hybridized carbons (Fsp3) is 0.333. The Morgan fingerprint density at radius 2 is 2.30 bits per heavy atom. The van der Waals surface area contributed by atoms with Gasteiger partial charge in [-0.2, -0.15) is 0 Å². The van der Waals surface area contributed by atoms with E-state index >= 15 is 0 Å². The lowest BCUT2D eigenvalue weighted by Gasteiger charge is -1.98. The monoisotopic (exact) mass is 288 g/mol. The number of nitrogens with one attached hydrogen (secondary N) is 1. The molecule has 1 aliphatic rings. The van der Waals surface area contributed by atoms with E-state index in [0.29, 0.717) is 12.5 Å². The van der Waals surface area contributed by atoms with Crippen LogP contribution in [0.1, 0.15) is 40.7 Å². The van der Waals surface area contributed by atoms with Gasteiger partial charge in [0.15, 0.2) is 0 Å². The van der Waals surface area contributed by atoms with E-state index in [1.807, 2.05) is 12.2 Å². The van der Waals surface area contributed by atoms with Gasteiger partial charge in [-0.15, -0.1) is 11.3 Å². The second-order valence-corrected chi connectivity index (χ2v) is 5.90. The largest absolute Gasteiger partial charge is 0.380 e. The molecule has 0 unspecified atom stereocenters. The van der Waals surface area contributed by atoms with Gasteiger partial charge in [-0.1, -0.05) is 0 Å². The third-order valence-corrected chi connectivity index (χ3v) is 4.09. The molecule has 2 aromatic rings. The Kier molecular flexibility index (Phi) is 3.80. The summed E-state index contributed by atoms with van der Waals surface area (Å²) < 4.78 is 5.09. The predicted octanol–water partition coefficient (Wildman–Crippen LogP) is 3.03. The van der Waals surface area contributed by atoms with Crippen LogP contribution >= 0.6 is 11.3 Å². The second-order valence-electron chi connectivity index (χ2n) is 4.95. The normalized spacial score (nSPS) is 15.1. The number of hydrogen-bond donors (Lipinski definition) is 1. The minimum absolute atomic E-state index is 0.0761. The van der Waals surface area contributed by atoms with Crippen molar-refractivity contribution in [3.8, 4) is 0 Å². The van der Waals surface area contributed by atoms with E-state index in [9.17, 15) is 4.79 Å². The molecule has 4 nitrogen and oxygen atoms in total. The van der Waals surface area contributed by atoms with Crippen molar-refractivity contribution in [2.24, 2.45) is 0 Å². The number of nitrogens with zero attached hydrogens (tertiary/aromatic N) is 1. The van der Waals surface area contributed by atoms with E-state index < -0.39 is 0 Å². The SMILES string of the molecule is COCc1csc(C=Cc2cc(=O)[nH]c(C3CC3)n2)c1. The van der Waals surface area contributed by atoms with E-state index in [-0.39, 0.29) is 5.56 Å². The number of H-pyrrole nitrogens is 1. The van der Waals surface area contributed by atoms with E-state index in [4.69, 9.17) is 4.74 Å². The van der Waals surface area contributed by atoms with Crippen LogP contribution < -0.4 is 5.56 Å². The summed E-state index contributed by atoms with van der Waals surface area (Å²) in [4.78, 5) is 20.0. The van der Waals surface area contributed by atoms with Gasteiger partial charge in [-0.25, -0.2) is 4.98 Å². The Morgan fingerprint density at radius 3 is 3.05 bits per heavy atom. The smallest absolute Gasteiger partial charge is 0.251 e. The summed E-state index contributed by atoms with van der Waals surface area (Å²) in [5.41, 5.74) is 1.81. The molecule has 0 spiro atoms. The lowest BCUT2D eigenvalue weighted by molar-refractivity contribution is 0.185. The Balaban J connectivity index is 1.78. The van der Waals surface area contributed by atoms with Gasteiger partial charge in [0, 0.05) is 24.0 Å². The van der Waals surface area contributed by atoms with Crippen molar-refractivity contribution in [3.05, 3.63) is 49.8 Å². The minimum atomic E-state index is -0.0761. The maximum Gasteiger partial charge on any atom is 0.251 e. The Bertz CT molecular complexity index is 683. The molecule has 1 fully saturated rings. The maximum atomic E-state index is 11.6. The molecular weight excluding hydrogens is 272 g/mol. The van der Waals surface area contributed by atoms with Crippen molar-refractivity contribution in [3.63, 3.8) is 0 Å². The van der Waals surface area contributed by atoms with Gasteiger partial charge in [0.05, 0.1) is 12.3 Å². The number of rotatable bonds is 5. The molecule has 5 heteroatoms. The van der Waals surface area contributed by atoms with Crippen LogP contribution in [-0.4, -0.2) is 17.1 Å². The summed E-state index contributed by atoms with van der Waals surface area (Å²) in [5.74, 6) is 1.27. The highest BCUT2D eigenvalue weighted by atomic mass is 32.1. The first kappa shape index (κ1) is 13.3. The molecule has 104 valence electrons. The van der Waals surface area contributed by atoms with Crippen LogP contribution in [0.5, 0.6) is 0 Å². The zero-order valence-corrected chi connectivity index (χ0v) is 12.1. The third-order valence-electron chi connectivity index (χ3n) is 3.15. The fourth-order valence-electron chi connectivity index (χ4n) is 2.02. The van der Waals surface area contributed by atoms with Gasteiger partial charge >= 0.3 is 0 Å². The number of hydrogen-bond acceptors (Lipinski definition) is 4. The zero-order chi connectivity index (χ0) is 13.9. The molecule has 0 bridgehead atoms. The lowest BCUT2D eigenvalue weighted by Crippen LogP contribution is -2.10. The highest BCUT2D eigenvalue weighted by molar-refractivity contribution is 7.11. The first-order chi connectivity index (χ1) is 9.74. The Morgan fingerprint density at radius 1 is 1.45 bits per heavy atom. The Hall–Kier alpha value is -1.72. The molecule has 1 N–H and O–H groups in total. The standard InChI is InChI=1S/C15H16N2O2S/c1-19-8-10-6-13(20-9-10)5-4-12-7-14(18)17-15(16-12)11-2-3-11/h4-7,9,11H,2-3,8H2,1H3,(H,16,17,18). The summed E-state index contributed by atoms with van der Waals surface area (Å²) in [6.07, 6.45) is 6.13. The van der Waals surface area contributed by atoms with E-state index in [0.717, 1.165) is 34.8 Å². The molecule has 2 heterocycles. The molecule has 0 atom stereocenters. The van der Waals surface area contributed by atoms with E-state index in [2.05, 4.69) is 21.4 Å². The van der Waals surface area contributed by atoms with Crippen LogP contribution in [0.3, 0.4) is 0 Å². The summed E-state index contributed by atoms with van der Waals surface area (Å²) >= 11 is 1.66. The van der Waals surface area contributed by atoms with Crippen LogP contribution in [0.25, 0.3) is 12.2 Å². The summed E-state index contributed by atoms with van der Waals surface area (Å²) in [5, 5.41) is 2.07. The van der Waals surface area contributed by atoms with Gasteiger partial charge in [0.1, 0.15) is 5.82 Å². The van der Waals surface area contributed by atoms with Gasteiger partial charge < -0.3 is 9.72 Å². The van der Waals surface area contributed by atoms with Gasteiger partial charge in [-0.3, -0.25) is 4.79 Å². The van der Waals surface area contributed by atoms with Gasteiger partial charge in [0.25, 0.3) is 5.56 Å². The Labute approximate surface area is 121 Å². The zero-order valence-electron chi connectivity index (χ0n) is 11.3. The molecule has 2 aromatic heterocycles. The average molecular weight is 288 g/mol. The molecule has 1 aliphatic carbocycles. The molecule has 3 rings (SSSR count). The van der Waals surface area contributed by atoms with Crippen molar-refractivity contribution in [1.82, 2.24) is 9.97 Å². The topological polar surface area (TPSA) is 55.0 Å². The predicted molar refractivity (Wildman–Crippen MR) is 80.8 cm³/mol. The molecule has 0 radical (unpaired) electrons. The van der Waals surface area contributed by atoms with Gasteiger partial charge in [0.2, 0.25) is 0 Å². The highest BCUT2D eigenvalue weighted by Gasteiger charge is 2.26. The van der Waals surface area contributed by atoms with Crippen molar-refractivity contribution >= 4 is 23.5 Å².